The van der Waals surface area contributed by atoms with Gasteiger partial charge in [-0.15, -0.1) is 0 Å². The zero-order valence-electron chi connectivity index (χ0n) is 11.0. The number of hydrogen-bond donors (Lipinski definition) is 2. The number of aromatic nitrogens is 2. The predicted molar refractivity (Wildman–Crippen MR) is 80.3 cm³/mol. The minimum absolute atomic E-state index is 0.0220. The third-order valence-corrected chi connectivity index (χ3v) is 3.59. The van der Waals surface area contributed by atoms with E-state index in [0.29, 0.717) is 21.3 Å². The molecule has 0 bridgehead atoms. The molecule has 0 atom stereocenters. The highest BCUT2D eigenvalue weighted by Crippen LogP contribution is 2.19. The highest BCUT2D eigenvalue weighted by molar-refractivity contribution is 9.10. The van der Waals surface area contributed by atoms with Crippen LogP contribution in [0.3, 0.4) is 0 Å². The van der Waals surface area contributed by atoms with Gasteiger partial charge in [0.25, 0.3) is 11.6 Å². The van der Waals surface area contributed by atoms with Gasteiger partial charge in [0.05, 0.1) is 33.2 Å². The number of nitro groups is 1. The molecule has 9 heteroatoms. The van der Waals surface area contributed by atoms with Gasteiger partial charge < -0.3 is 14.7 Å². The molecule has 0 spiro atoms. The number of nitrogens with zero attached hydrogens (tertiary/aromatic N) is 2. The molecule has 22 heavy (non-hydrogen) atoms. The number of aromatic amines is 1. The van der Waals surface area contributed by atoms with Crippen molar-refractivity contribution in [2.24, 2.45) is 0 Å². The molecule has 3 aromatic rings. The molecule has 0 aliphatic carbocycles. The lowest BCUT2D eigenvalue weighted by molar-refractivity contribution is -0.384. The number of amides is 1. The molecule has 0 saturated heterocycles. The van der Waals surface area contributed by atoms with E-state index in [1.807, 2.05) is 0 Å². The topological polar surface area (TPSA) is 114 Å². The largest absolute Gasteiger partial charge is 0.458 e. The van der Waals surface area contributed by atoms with E-state index in [9.17, 15) is 14.9 Å². The van der Waals surface area contributed by atoms with Gasteiger partial charge >= 0.3 is 0 Å². The summed E-state index contributed by atoms with van der Waals surface area (Å²) in [6, 6.07) is 5.95. The number of nitrogens with one attached hydrogen (secondary N) is 2. The van der Waals surface area contributed by atoms with E-state index in [1.165, 1.54) is 18.4 Å². The Morgan fingerprint density at radius 3 is 2.95 bits per heavy atom. The van der Waals surface area contributed by atoms with Crippen LogP contribution in [0.25, 0.3) is 11.0 Å². The first-order valence-corrected chi connectivity index (χ1v) is 6.98. The fraction of sp³-hybridized carbons (Fsp3) is 0.0769. The fourth-order valence-electron chi connectivity index (χ4n) is 1.95. The molecule has 2 aromatic heterocycles. The van der Waals surface area contributed by atoms with Gasteiger partial charge in [-0.2, -0.15) is 0 Å². The first-order valence-electron chi connectivity index (χ1n) is 6.19. The average molecular weight is 365 g/mol. The molecule has 0 aliphatic rings. The normalized spacial score (nSPS) is 10.8. The minimum atomic E-state index is -0.476. The molecule has 2 heterocycles. The summed E-state index contributed by atoms with van der Waals surface area (Å²) in [6.45, 7) is 0.147. The zero-order chi connectivity index (χ0) is 15.7. The van der Waals surface area contributed by atoms with Crippen LogP contribution in [0, 0.1) is 10.1 Å². The lowest BCUT2D eigenvalue weighted by Crippen LogP contribution is -2.23. The van der Waals surface area contributed by atoms with Gasteiger partial charge in [0.1, 0.15) is 5.82 Å². The Morgan fingerprint density at radius 2 is 2.27 bits per heavy atom. The lowest BCUT2D eigenvalue weighted by atomic mass is 10.3. The number of non-ortho nitro benzene ring substituents is 1. The standard InChI is InChI=1S/C13H9BrN4O4/c14-8-3-4-22-12(8)13(19)15-6-11-16-9-2-1-7(18(20)21)5-10(9)17-11/h1-5H,6H2,(H,15,19)(H,16,17). The Bertz CT molecular complexity index is 870. The molecule has 8 nitrogen and oxygen atoms in total. The quantitative estimate of drug-likeness (QED) is 0.545. The number of rotatable bonds is 4. The number of hydrogen-bond acceptors (Lipinski definition) is 5. The maximum Gasteiger partial charge on any atom is 0.288 e. The van der Waals surface area contributed by atoms with E-state index in [2.05, 4.69) is 31.2 Å². The number of furan rings is 1. The van der Waals surface area contributed by atoms with Gasteiger partial charge in [-0.1, -0.05) is 0 Å². The van der Waals surface area contributed by atoms with Crippen molar-refractivity contribution in [1.82, 2.24) is 15.3 Å². The SMILES string of the molecule is O=C(NCc1nc2ccc([N+](=O)[O-])cc2[nH]1)c1occc1Br. The molecule has 0 unspecified atom stereocenters. The molecule has 3 rings (SSSR count). The van der Waals surface area contributed by atoms with Gasteiger partial charge in [0, 0.05) is 12.1 Å². The number of imidazole rings is 1. The van der Waals surface area contributed by atoms with Crippen LogP contribution in [0.4, 0.5) is 5.69 Å². The Kier molecular flexibility index (Phi) is 3.63. The summed E-state index contributed by atoms with van der Waals surface area (Å²) >= 11 is 3.20. The first-order chi connectivity index (χ1) is 10.5. The monoisotopic (exact) mass is 364 g/mol. The Hall–Kier alpha value is -2.68. The second-order valence-electron chi connectivity index (χ2n) is 4.42. The van der Waals surface area contributed by atoms with Crippen LogP contribution in [0.5, 0.6) is 0 Å². The maximum absolute atomic E-state index is 11.9. The summed E-state index contributed by atoms with van der Waals surface area (Å²) in [6.07, 6.45) is 1.40. The Balaban J connectivity index is 1.75. The summed E-state index contributed by atoms with van der Waals surface area (Å²) in [4.78, 5) is 29.3. The minimum Gasteiger partial charge on any atom is -0.458 e. The Morgan fingerprint density at radius 1 is 1.45 bits per heavy atom. The summed E-state index contributed by atoms with van der Waals surface area (Å²) < 4.78 is 5.61. The van der Waals surface area contributed by atoms with E-state index in [-0.39, 0.29) is 23.9 Å². The van der Waals surface area contributed by atoms with E-state index >= 15 is 0 Å². The van der Waals surface area contributed by atoms with Crippen LogP contribution in [0.2, 0.25) is 0 Å². The number of nitro benzene ring substituents is 1. The fourth-order valence-corrected chi connectivity index (χ4v) is 2.33. The number of carbonyl (C=O) groups is 1. The van der Waals surface area contributed by atoms with E-state index in [1.54, 1.807) is 12.1 Å². The van der Waals surface area contributed by atoms with Crippen LogP contribution in [0.15, 0.2) is 39.4 Å². The number of H-pyrrole nitrogens is 1. The second kappa shape index (κ2) is 5.60. The molecule has 1 aromatic carbocycles. The van der Waals surface area contributed by atoms with Crippen molar-refractivity contribution in [1.29, 1.82) is 0 Å². The molecule has 112 valence electrons. The number of halogens is 1. The third kappa shape index (κ3) is 2.70. The summed E-state index contributed by atoms with van der Waals surface area (Å²) in [7, 11) is 0. The molecule has 2 N–H and O–H groups in total. The Labute approximate surface area is 131 Å². The summed E-state index contributed by atoms with van der Waals surface area (Å²) in [5, 5.41) is 13.4. The van der Waals surface area contributed by atoms with Crippen LogP contribution in [-0.2, 0) is 6.54 Å². The van der Waals surface area contributed by atoms with Crippen molar-refractivity contribution in [2.45, 2.75) is 6.54 Å². The smallest absolute Gasteiger partial charge is 0.288 e. The number of fused-ring (bicyclic) bond motifs is 1. The highest BCUT2D eigenvalue weighted by atomic mass is 79.9. The van der Waals surface area contributed by atoms with Crippen molar-refractivity contribution < 1.29 is 14.1 Å². The molecule has 0 saturated carbocycles. The van der Waals surface area contributed by atoms with Crippen LogP contribution in [0.1, 0.15) is 16.4 Å². The molecule has 0 fully saturated rings. The van der Waals surface area contributed by atoms with Gasteiger partial charge in [0.15, 0.2) is 0 Å². The second-order valence-corrected chi connectivity index (χ2v) is 5.28. The zero-order valence-corrected chi connectivity index (χ0v) is 12.6. The average Bonchev–Trinajstić information content (AvgIpc) is 3.09. The van der Waals surface area contributed by atoms with Crippen molar-refractivity contribution in [3.8, 4) is 0 Å². The highest BCUT2D eigenvalue weighted by Gasteiger charge is 2.14. The van der Waals surface area contributed by atoms with Gasteiger partial charge in [-0.3, -0.25) is 14.9 Å². The van der Waals surface area contributed by atoms with Gasteiger partial charge in [0.2, 0.25) is 5.76 Å². The molecular formula is C13H9BrN4O4. The van der Waals surface area contributed by atoms with Crippen LogP contribution >= 0.6 is 15.9 Å². The molecular weight excluding hydrogens is 356 g/mol. The maximum atomic E-state index is 11.9. The molecule has 0 radical (unpaired) electrons. The van der Waals surface area contributed by atoms with Crippen molar-refractivity contribution in [3.63, 3.8) is 0 Å². The van der Waals surface area contributed by atoms with Gasteiger partial charge in [-0.25, -0.2) is 4.98 Å². The first kappa shape index (κ1) is 14.3. The number of carbonyl (C=O) groups excluding carboxylic acids is 1. The predicted octanol–water partition coefficient (Wildman–Crippen LogP) is 2.76. The number of benzene rings is 1. The summed E-state index contributed by atoms with van der Waals surface area (Å²) in [5.74, 6) is 0.279. The summed E-state index contributed by atoms with van der Waals surface area (Å²) in [5.41, 5.74) is 1.11. The van der Waals surface area contributed by atoms with Crippen molar-refractivity contribution >= 4 is 38.6 Å². The van der Waals surface area contributed by atoms with E-state index in [4.69, 9.17) is 4.42 Å². The van der Waals surface area contributed by atoms with E-state index < -0.39 is 4.92 Å². The molecule has 1 amide bonds. The van der Waals surface area contributed by atoms with Crippen molar-refractivity contribution in [3.05, 3.63) is 56.7 Å². The van der Waals surface area contributed by atoms with Crippen molar-refractivity contribution in [2.75, 3.05) is 0 Å². The van der Waals surface area contributed by atoms with Crippen LogP contribution in [-0.4, -0.2) is 20.8 Å². The van der Waals surface area contributed by atoms with Crippen LogP contribution < -0.4 is 5.32 Å². The van der Waals surface area contributed by atoms with E-state index in [0.717, 1.165) is 0 Å². The molecule has 0 aliphatic heterocycles. The lowest BCUT2D eigenvalue weighted by Gasteiger charge is -2.00. The van der Waals surface area contributed by atoms with Gasteiger partial charge in [-0.05, 0) is 28.1 Å². The third-order valence-electron chi connectivity index (χ3n) is 2.97.